The molecule has 2 aromatic carbocycles. The predicted octanol–water partition coefficient (Wildman–Crippen LogP) is 4.27. The number of benzene rings is 2. The highest BCUT2D eigenvalue weighted by Crippen LogP contribution is 2.32. The summed E-state index contributed by atoms with van der Waals surface area (Å²) < 4.78 is 38.9. The first-order valence-electron chi connectivity index (χ1n) is 7.69. The number of carbonyl (C=O) groups is 1. The largest absolute Gasteiger partial charge is 0.493 e. The highest BCUT2D eigenvalue weighted by atomic mass is 19.3. The van der Waals surface area contributed by atoms with Gasteiger partial charge in [-0.05, 0) is 42.3 Å². The third kappa shape index (κ3) is 5.20. The molecule has 0 fully saturated rings. The molecule has 0 aliphatic rings. The molecule has 1 N–H and O–H groups in total. The zero-order chi connectivity index (χ0) is 19.1. The van der Waals surface area contributed by atoms with Gasteiger partial charge in [-0.15, -0.1) is 0 Å². The summed E-state index contributed by atoms with van der Waals surface area (Å²) >= 11 is 0. The molecule has 0 radical (unpaired) electrons. The van der Waals surface area contributed by atoms with Crippen molar-refractivity contribution < 1.29 is 27.8 Å². The number of carbonyl (C=O) groups excluding carboxylic acids is 1. The third-order valence-corrected chi connectivity index (χ3v) is 3.52. The second-order valence-corrected chi connectivity index (χ2v) is 5.29. The molecule has 0 aromatic heterocycles. The second-order valence-electron chi connectivity index (χ2n) is 5.29. The number of aryl methyl sites for hydroxylation is 1. The van der Waals surface area contributed by atoms with Crippen LogP contribution in [-0.4, -0.2) is 26.7 Å². The van der Waals surface area contributed by atoms with E-state index in [0.717, 1.165) is 5.56 Å². The van der Waals surface area contributed by atoms with Crippen molar-refractivity contribution in [2.24, 2.45) is 0 Å². The van der Waals surface area contributed by atoms with Crippen LogP contribution >= 0.6 is 0 Å². The molecule has 0 saturated heterocycles. The van der Waals surface area contributed by atoms with E-state index in [-0.39, 0.29) is 11.7 Å². The molecule has 2 rings (SSSR count). The number of halogens is 2. The zero-order valence-electron chi connectivity index (χ0n) is 14.6. The molecule has 0 atom stereocenters. The van der Waals surface area contributed by atoms with E-state index in [0.29, 0.717) is 22.7 Å². The van der Waals surface area contributed by atoms with Crippen molar-refractivity contribution in [1.29, 1.82) is 0 Å². The van der Waals surface area contributed by atoms with Crippen LogP contribution in [0.2, 0.25) is 0 Å². The predicted molar refractivity (Wildman–Crippen MR) is 95.0 cm³/mol. The van der Waals surface area contributed by atoms with Crippen LogP contribution in [-0.2, 0) is 4.79 Å². The Labute approximate surface area is 150 Å². The summed E-state index contributed by atoms with van der Waals surface area (Å²) in [5.74, 6) is 0.799. The van der Waals surface area contributed by atoms with E-state index < -0.39 is 6.61 Å². The molecule has 1 amide bonds. The number of methoxy groups -OCH3 is 2. The summed E-state index contributed by atoms with van der Waals surface area (Å²) in [4.78, 5) is 12.1. The maximum atomic E-state index is 12.1. The molecule has 0 bridgehead atoms. The number of nitrogens with one attached hydrogen (secondary N) is 1. The molecule has 7 heteroatoms. The minimum absolute atomic E-state index is 0.0579. The molecule has 0 heterocycles. The van der Waals surface area contributed by atoms with Crippen LogP contribution in [0.15, 0.2) is 42.5 Å². The standard InChI is InChI=1S/C19H19F2NO4/c1-12-10-16(24-2)17(25-3)11-15(12)22-18(23)9-6-13-4-7-14(8-5-13)26-19(20)21/h4-11,19H,1-3H3,(H,22,23)/b9-6-. The Morgan fingerprint density at radius 3 is 2.27 bits per heavy atom. The molecular formula is C19H19F2NO4. The smallest absolute Gasteiger partial charge is 0.387 e. The van der Waals surface area contributed by atoms with Crippen molar-refractivity contribution in [3.05, 3.63) is 53.6 Å². The first kappa shape index (κ1) is 19.2. The van der Waals surface area contributed by atoms with Gasteiger partial charge in [0, 0.05) is 17.8 Å². The summed E-state index contributed by atoms with van der Waals surface area (Å²) in [5.41, 5.74) is 2.08. The van der Waals surface area contributed by atoms with E-state index in [4.69, 9.17) is 9.47 Å². The molecule has 0 saturated carbocycles. The van der Waals surface area contributed by atoms with E-state index in [1.165, 1.54) is 32.4 Å². The number of ether oxygens (including phenoxy) is 3. The highest BCUT2D eigenvalue weighted by molar-refractivity contribution is 6.02. The lowest BCUT2D eigenvalue weighted by Gasteiger charge is -2.12. The average Bonchev–Trinajstić information content (AvgIpc) is 2.62. The minimum Gasteiger partial charge on any atom is -0.493 e. The maximum absolute atomic E-state index is 12.1. The topological polar surface area (TPSA) is 56.8 Å². The van der Waals surface area contributed by atoms with Crippen LogP contribution in [0.3, 0.4) is 0 Å². The fraction of sp³-hybridized carbons (Fsp3) is 0.211. The van der Waals surface area contributed by atoms with Gasteiger partial charge in [-0.2, -0.15) is 8.78 Å². The van der Waals surface area contributed by atoms with Gasteiger partial charge in [-0.25, -0.2) is 0 Å². The van der Waals surface area contributed by atoms with Gasteiger partial charge in [0.05, 0.1) is 14.2 Å². The SMILES string of the molecule is COc1cc(C)c(NC(=O)/C=C\c2ccc(OC(F)F)cc2)cc1OC. The monoisotopic (exact) mass is 363 g/mol. The van der Waals surface area contributed by atoms with Crippen LogP contribution < -0.4 is 19.5 Å². The molecular weight excluding hydrogens is 344 g/mol. The van der Waals surface area contributed by atoms with Crippen LogP contribution in [0, 0.1) is 6.92 Å². The molecule has 138 valence electrons. The Hall–Kier alpha value is -3.09. The molecule has 2 aromatic rings. The summed E-state index contributed by atoms with van der Waals surface area (Å²) in [6.45, 7) is -1.03. The average molecular weight is 363 g/mol. The molecule has 26 heavy (non-hydrogen) atoms. The number of hydrogen-bond acceptors (Lipinski definition) is 4. The van der Waals surface area contributed by atoms with Gasteiger partial charge in [0.15, 0.2) is 11.5 Å². The second kappa shape index (κ2) is 8.84. The van der Waals surface area contributed by atoms with Gasteiger partial charge in [-0.3, -0.25) is 4.79 Å². The Bertz CT molecular complexity index is 789. The number of anilines is 1. The van der Waals surface area contributed by atoms with Crippen LogP contribution in [0.5, 0.6) is 17.2 Å². The fourth-order valence-electron chi connectivity index (χ4n) is 2.22. The Kier molecular flexibility index (Phi) is 6.54. The number of alkyl halides is 2. The van der Waals surface area contributed by atoms with E-state index in [2.05, 4.69) is 10.1 Å². The quantitative estimate of drug-likeness (QED) is 0.747. The minimum atomic E-state index is -2.87. The van der Waals surface area contributed by atoms with Crippen molar-refractivity contribution in [2.75, 3.05) is 19.5 Å². The van der Waals surface area contributed by atoms with E-state index >= 15 is 0 Å². The van der Waals surface area contributed by atoms with Gasteiger partial charge in [0.25, 0.3) is 0 Å². The van der Waals surface area contributed by atoms with Crippen LogP contribution in [0.25, 0.3) is 6.08 Å². The number of amides is 1. The van der Waals surface area contributed by atoms with Crippen molar-refractivity contribution in [2.45, 2.75) is 13.5 Å². The lowest BCUT2D eigenvalue weighted by atomic mass is 10.1. The number of hydrogen-bond donors (Lipinski definition) is 1. The Balaban J connectivity index is 2.05. The van der Waals surface area contributed by atoms with Crippen molar-refractivity contribution in [3.8, 4) is 17.2 Å². The first-order chi connectivity index (χ1) is 12.4. The maximum Gasteiger partial charge on any atom is 0.387 e. The van der Waals surface area contributed by atoms with Crippen LogP contribution in [0.4, 0.5) is 14.5 Å². The molecule has 5 nitrogen and oxygen atoms in total. The lowest BCUT2D eigenvalue weighted by Crippen LogP contribution is -2.09. The lowest BCUT2D eigenvalue weighted by molar-refractivity contribution is -0.111. The summed E-state index contributed by atoms with van der Waals surface area (Å²) in [5, 5.41) is 2.76. The summed E-state index contributed by atoms with van der Waals surface area (Å²) in [6.07, 6.45) is 2.91. The van der Waals surface area contributed by atoms with Crippen molar-refractivity contribution in [3.63, 3.8) is 0 Å². The summed E-state index contributed by atoms with van der Waals surface area (Å²) in [6, 6.07) is 9.40. The van der Waals surface area contributed by atoms with E-state index in [1.807, 2.05) is 6.92 Å². The molecule has 0 spiro atoms. The van der Waals surface area contributed by atoms with Gasteiger partial charge in [0.1, 0.15) is 5.75 Å². The Morgan fingerprint density at radius 1 is 1.08 bits per heavy atom. The fourth-order valence-corrected chi connectivity index (χ4v) is 2.22. The third-order valence-electron chi connectivity index (χ3n) is 3.52. The van der Waals surface area contributed by atoms with Gasteiger partial charge in [-0.1, -0.05) is 12.1 Å². The molecule has 0 unspecified atom stereocenters. The molecule has 0 aliphatic heterocycles. The molecule has 0 aliphatic carbocycles. The van der Waals surface area contributed by atoms with Crippen LogP contribution in [0.1, 0.15) is 11.1 Å². The van der Waals surface area contributed by atoms with Gasteiger partial charge in [0.2, 0.25) is 5.91 Å². The van der Waals surface area contributed by atoms with E-state index in [9.17, 15) is 13.6 Å². The van der Waals surface area contributed by atoms with Crippen molar-refractivity contribution in [1.82, 2.24) is 0 Å². The van der Waals surface area contributed by atoms with E-state index in [1.54, 1.807) is 30.3 Å². The number of rotatable bonds is 7. The van der Waals surface area contributed by atoms with Gasteiger partial charge >= 0.3 is 6.61 Å². The highest BCUT2D eigenvalue weighted by Gasteiger charge is 2.10. The zero-order valence-corrected chi connectivity index (χ0v) is 14.6. The van der Waals surface area contributed by atoms with Crippen molar-refractivity contribution >= 4 is 17.7 Å². The normalized spacial score (nSPS) is 10.8. The van der Waals surface area contributed by atoms with Gasteiger partial charge < -0.3 is 19.5 Å². The summed E-state index contributed by atoms with van der Waals surface area (Å²) in [7, 11) is 3.05. The Morgan fingerprint density at radius 2 is 1.69 bits per heavy atom. The first-order valence-corrected chi connectivity index (χ1v) is 7.69.